The minimum absolute atomic E-state index is 0.324. The van der Waals surface area contributed by atoms with Gasteiger partial charge in [0.25, 0.3) is 10.0 Å². The van der Waals surface area contributed by atoms with Gasteiger partial charge in [0.05, 0.1) is 10.6 Å². The average molecular weight is 324 g/mol. The second-order valence-corrected chi connectivity index (χ2v) is 7.32. The van der Waals surface area contributed by atoms with Crippen LogP contribution >= 0.6 is 11.6 Å². The molecule has 0 atom stereocenters. The first-order chi connectivity index (χ1) is 9.70. The molecule has 0 heterocycles. The van der Waals surface area contributed by atoms with E-state index < -0.39 is 10.0 Å². The summed E-state index contributed by atoms with van der Waals surface area (Å²) in [4.78, 5) is 0.324. The van der Waals surface area contributed by atoms with Crippen LogP contribution in [0.1, 0.15) is 22.3 Å². The zero-order valence-corrected chi connectivity index (χ0v) is 14.1. The largest absolute Gasteiger partial charge is 0.280 e. The van der Waals surface area contributed by atoms with E-state index in [0.29, 0.717) is 15.6 Å². The molecule has 0 fully saturated rings. The van der Waals surface area contributed by atoms with Crippen molar-refractivity contribution in [2.45, 2.75) is 32.6 Å². The van der Waals surface area contributed by atoms with E-state index in [4.69, 9.17) is 11.6 Å². The second kappa shape index (κ2) is 5.70. The predicted molar refractivity (Wildman–Crippen MR) is 87.7 cm³/mol. The number of halogens is 1. The number of rotatable bonds is 3. The molecule has 21 heavy (non-hydrogen) atoms. The minimum Gasteiger partial charge on any atom is -0.280 e. The molecule has 3 nitrogen and oxygen atoms in total. The van der Waals surface area contributed by atoms with Gasteiger partial charge in [-0.15, -0.1) is 0 Å². The van der Waals surface area contributed by atoms with Crippen LogP contribution in [0.25, 0.3) is 0 Å². The summed E-state index contributed by atoms with van der Waals surface area (Å²) >= 11 is 6.04. The number of aryl methyl sites for hydroxylation is 4. The van der Waals surface area contributed by atoms with Gasteiger partial charge in [-0.25, -0.2) is 8.42 Å². The maximum absolute atomic E-state index is 12.6. The summed E-state index contributed by atoms with van der Waals surface area (Å²) in [5.41, 5.74) is 3.88. The van der Waals surface area contributed by atoms with Crippen molar-refractivity contribution < 1.29 is 8.42 Å². The molecule has 0 spiro atoms. The van der Waals surface area contributed by atoms with Crippen molar-refractivity contribution in [2.75, 3.05) is 4.72 Å². The number of hydrogen-bond acceptors (Lipinski definition) is 2. The fourth-order valence-corrected chi connectivity index (χ4v) is 4.14. The van der Waals surface area contributed by atoms with E-state index in [0.717, 1.165) is 22.3 Å². The van der Waals surface area contributed by atoms with Crippen molar-refractivity contribution in [1.82, 2.24) is 0 Å². The van der Waals surface area contributed by atoms with Crippen molar-refractivity contribution in [3.8, 4) is 0 Å². The van der Waals surface area contributed by atoms with E-state index in [1.165, 1.54) is 0 Å². The van der Waals surface area contributed by atoms with E-state index in [9.17, 15) is 8.42 Å². The van der Waals surface area contributed by atoms with Gasteiger partial charge in [0, 0.05) is 5.02 Å². The van der Waals surface area contributed by atoms with E-state index >= 15 is 0 Å². The molecule has 0 aliphatic heterocycles. The van der Waals surface area contributed by atoms with Gasteiger partial charge >= 0.3 is 0 Å². The van der Waals surface area contributed by atoms with Gasteiger partial charge < -0.3 is 0 Å². The van der Waals surface area contributed by atoms with Crippen molar-refractivity contribution in [2.24, 2.45) is 0 Å². The molecule has 2 aromatic rings. The zero-order valence-electron chi connectivity index (χ0n) is 12.5. The molecule has 0 bridgehead atoms. The summed E-state index contributed by atoms with van der Waals surface area (Å²) in [5.74, 6) is 0. The first-order valence-electron chi connectivity index (χ1n) is 6.57. The highest BCUT2D eigenvalue weighted by Crippen LogP contribution is 2.26. The Morgan fingerprint density at radius 3 is 2.00 bits per heavy atom. The van der Waals surface area contributed by atoms with Crippen LogP contribution in [0, 0.1) is 27.7 Å². The fraction of sp³-hybridized carbons (Fsp3) is 0.250. The molecular weight excluding hydrogens is 306 g/mol. The summed E-state index contributed by atoms with van der Waals surface area (Å²) < 4.78 is 27.8. The highest BCUT2D eigenvalue weighted by Gasteiger charge is 2.20. The lowest BCUT2D eigenvalue weighted by Crippen LogP contribution is -2.16. The number of sulfonamides is 1. The molecule has 0 radical (unpaired) electrons. The van der Waals surface area contributed by atoms with E-state index in [-0.39, 0.29) is 0 Å². The average Bonchev–Trinajstić information content (AvgIpc) is 2.31. The first-order valence-corrected chi connectivity index (χ1v) is 8.43. The van der Waals surface area contributed by atoms with Gasteiger partial charge in [-0.1, -0.05) is 35.4 Å². The van der Waals surface area contributed by atoms with Crippen LogP contribution in [0.4, 0.5) is 5.69 Å². The number of nitrogens with one attached hydrogen (secondary N) is 1. The Balaban J connectivity index is 2.46. The highest BCUT2D eigenvalue weighted by molar-refractivity contribution is 7.92. The van der Waals surface area contributed by atoms with E-state index in [2.05, 4.69) is 4.72 Å². The summed E-state index contributed by atoms with van der Waals surface area (Å²) in [6.07, 6.45) is 0. The molecular formula is C16H18ClNO2S. The van der Waals surface area contributed by atoms with Crippen molar-refractivity contribution >= 4 is 27.3 Å². The fourth-order valence-electron chi connectivity index (χ4n) is 2.45. The minimum atomic E-state index is -3.63. The molecule has 112 valence electrons. The van der Waals surface area contributed by atoms with Crippen molar-refractivity contribution in [3.05, 3.63) is 57.6 Å². The van der Waals surface area contributed by atoms with Gasteiger partial charge in [-0.3, -0.25) is 4.72 Å². The predicted octanol–water partition coefficient (Wildman–Crippen LogP) is 4.37. The SMILES string of the molecule is Cc1cc(C)c(S(=O)(=O)Nc2ccc(C)c(Cl)c2)c(C)c1. The third kappa shape index (κ3) is 3.39. The van der Waals surface area contributed by atoms with Crippen LogP contribution in [0.15, 0.2) is 35.2 Å². The summed E-state index contributed by atoms with van der Waals surface area (Å²) in [5, 5.41) is 0.535. The number of anilines is 1. The number of hydrogen-bond donors (Lipinski definition) is 1. The quantitative estimate of drug-likeness (QED) is 0.911. The third-order valence-corrected chi connectivity index (χ3v) is 5.39. The van der Waals surface area contributed by atoms with Crippen molar-refractivity contribution in [1.29, 1.82) is 0 Å². The Bertz CT molecular complexity index is 775. The maximum atomic E-state index is 12.6. The van der Waals surface area contributed by atoms with E-state index in [1.807, 2.05) is 26.0 Å². The molecule has 0 unspecified atom stereocenters. The van der Waals surface area contributed by atoms with Gasteiger partial charge in [-0.05, 0) is 56.5 Å². The lowest BCUT2D eigenvalue weighted by atomic mass is 10.1. The zero-order chi connectivity index (χ0) is 15.8. The van der Waals surface area contributed by atoms with Crippen molar-refractivity contribution in [3.63, 3.8) is 0 Å². The summed E-state index contributed by atoms with van der Waals surface area (Å²) in [6.45, 7) is 7.42. The smallest absolute Gasteiger partial charge is 0.262 e. The number of benzene rings is 2. The molecule has 0 saturated carbocycles. The van der Waals surface area contributed by atoms with Crippen LogP contribution in [0.5, 0.6) is 0 Å². The van der Waals surface area contributed by atoms with Gasteiger partial charge in [0.1, 0.15) is 0 Å². The lowest BCUT2D eigenvalue weighted by molar-refractivity contribution is 0.600. The maximum Gasteiger partial charge on any atom is 0.262 e. The first kappa shape index (κ1) is 15.9. The van der Waals surface area contributed by atoms with Gasteiger partial charge in [-0.2, -0.15) is 0 Å². The normalized spacial score (nSPS) is 11.5. The van der Waals surface area contributed by atoms with Crippen LogP contribution in [-0.2, 0) is 10.0 Å². The molecule has 5 heteroatoms. The molecule has 0 aliphatic carbocycles. The lowest BCUT2D eigenvalue weighted by Gasteiger charge is -2.14. The topological polar surface area (TPSA) is 46.2 Å². The van der Waals surface area contributed by atoms with Gasteiger partial charge in [0.15, 0.2) is 0 Å². The molecule has 0 saturated heterocycles. The molecule has 2 aromatic carbocycles. The highest BCUT2D eigenvalue weighted by atomic mass is 35.5. The molecule has 2 rings (SSSR count). The Labute approximate surface area is 131 Å². The van der Waals surface area contributed by atoms with Crippen LogP contribution in [0.3, 0.4) is 0 Å². The summed E-state index contributed by atoms with van der Waals surface area (Å²) in [6, 6.07) is 8.84. The molecule has 0 aromatic heterocycles. The standard InChI is InChI=1S/C16H18ClNO2S/c1-10-7-12(3)16(13(4)8-10)21(19,20)18-14-6-5-11(2)15(17)9-14/h5-9,18H,1-4H3. The Morgan fingerprint density at radius 1 is 0.905 bits per heavy atom. The van der Waals surface area contributed by atoms with E-state index in [1.54, 1.807) is 32.0 Å². The molecule has 0 aliphatic rings. The summed E-state index contributed by atoms with van der Waals surface area (Å²) in [7, 11) is -3.63. The Hall–Kier alpha value is -1.52. The Kier molecular flexibility index (Phi) is 4.30. The second-order valence-electron chi connectivity index (χ2n) is 5.30. The molecule has 1 N–H and O–H groups in total. The third-order valence-electron chi connectivity index (χ3n) is 3.30. The van der Waals surface area contributed by atoms with Crippen LogP contribution < -0.4 is 4.72 Å². The molecule has 0 amide bonds. The van der Waals surface area contributed by atoms with Gasteiger partial charge in [0.2, 0.25) is 0 Å². The van der Waals surface area contributed by atoms with Crippen LogP contribution in [0.2, 0.25) is 5.02 Å². The monoisotopic (exact) mass is 323 g/mol. The van der Waals surface area contributed by atoms with Crippen LogP contribution in [-0.4, -0.2) is 8.42 Å². The Morgan fingerprint density at radius 2 is 1.48 bits per heavy atom.